The number of ether oxygens (including phenoxy) is 3. The first kappa shape index (κ1) is 25.7. The number of rotatable bonds is 6. The minimum absolute atomic E-state index is 0.0247. The highest BCUT2D eigenvalue weighted by Gasteiger charge is 2.46. The molecule has 1 unspecified atom stereocenters. The first-order chi connectivity index (χ1) is 17.9. The minimum Gasteiger partial charge on any atom is -0.493 e. The molecule has 1 saturated carbocycles. The summed E-state index contributed by atoms with van der Waals surface area (Å²) < 4.78 is 17.8. The van der Waals surface area contributed by atoms with Gasteiger partial charge in [0.2, 0.25) is 0 Å². The molecule has 6 nitrogen and oxygen atoms in total. The molecule has 0 spiro atoms. The summed E-state index contributed by atoms with van der Waals surface area (Å²) in [4.78, 5) is 32.4. The van der Waals surface area contributed by atoms with Crippen LogP contribution >= 0.6 is 15.9 Å². The third kappa shape index (κ3) is 4.98. The van der Waals surface area contributed by atoms with Crippen LogP contribution in [0.5, 0.6) is 11.5 Å². The van der Waals surface area contributed by atoms with Crippen LogP contribution in [0.1, 0.15) is 68.4 Å². The molecule has 0 radical (unpaired) electrons. The number of carbonyl (C=O) groups is 2. The standard InChI is InChI=1S/C30H32BrNO5/c1-17-27(30(34)37-20-11-7-8-12-20)28(21-15-25(35-2)26(36-3)16-22(21)31)29-23(32-17)13-19(14-24(29)33)18-9-5-4-6-10-18/h4-6,9-10,15-16,19-20,27-28H,7-8,11-14H2,1-3H3/t19-,27?,28+/m0/s1. The number of allylic oxidation sites excluding steroid dienone is 2. The van der Waals surface area contributed by atoms with Gasteiger partial charge in [0.25, 0.3) is 0 Å². The number of esters is 1. The molecule has 1 fully saturated rings. The molecule has 0 bridgehead atoms. The second-order valence-corrected chi connectivity index (χ2v) is 10.9. The van der Waals surface area contributed by atoms with Gasteiger partial charge in [-0.2, -0.15) is 0 Å². The molecule has 2 aromatic carbocycles. The lowest BCUT2D eigenvalue weighted by Crippen LogP contribution is -2.39. The van der Waals surface area contributed by atoms with Crippen molar-refractivity contribution in [2.24, 2.45) is 10.9 Å². The second-order valence-electron chi connectivity index (χ2n) is 10.1. The maximum absolute atomic E-state index is 13.9. The zero-order valence-corrected chi connectivity index (χ0v) is 23.0. The monoisotopic (exact) mass is 565 g/mol. The average molecular weight is 566 g/mol. The molecule has 0 N–H and O–H groups in total. The fourth-order valence-corrected chi connectivity index (χ4v) is 6.58. The summed E-state index contributed by atoms with van der Waals surface area (Å²) in [5.74, 6) is -0.346. The van der Waals surface area contributed by atoms with E-state index in [1.54, 1.807) is 14.2 Å². The van der Waals surface area contributed by atoms with E-state index in [4.69, 9.17) is 19.2 Å². The van der Waals surface area contributed by atoms with E-state index in [9.17, 15) is 9.59 Å². The summed E-state index contributed by atoms with van der Waals surface area (Å²) in [7, 11) is 3.16. The molecule has 7 heteroatoms. The summed E-state index contributed by atoms with van der Waals surface area (Å²) in [5.41, 5.74) is 3.97. The Labute approximate surface area is 226 Å². The number of nitrogens with zero attached hydrogens (tertiary/aromatic N) is 1. The zero-order chi connectivity index (χ0) is 26.1. The lowest BCUT2D eigenvalue weighted by atomic mass is 9.69. The Balaban J connectivity index is 1.61. The van der Waals surface area contributed by atoms with Crippen molar-refractivity contribution in [2.75, 3.05) is 14.2 Å². The molecule has 0 amide bonds. The van der Waals surface area contributed by atoms with Gasteiger partial charge in [-0.3, -0.25) is 14.6 Å². The number of hydrogen-bond acceptors (Lipinski definition) is 6. The number of halogens is 1. The predicted molar refractivity (Wildman–Crippen MR) is 145 cm³/mol. The largest absolute Gasteiger partial charge is 0.493 e. The van der Waals surface area contributed by atoms with Gasteiger partial charge in [-0.1, -0.05) is 46.3 Å². The number of Topliss-reactive ketones (excluding diaryl/α,β-unsaturated/α-hetero) is 1. The van der Waals surface area contributed by atoms with Crippen molar-refractivity contribution in [1.82, 2.24) is 0 Å². The van der Waals surface area contributed by atoms with E-state index in [0.29, 0.717) is 35.6 Å². The van der Waals surface area contributed by atoms with Crippen molar-refractivity contribution in [2.45, 2.75) is 63.4 Å². The van der Waals surface area contributed by atoms with E-state index in [2.05, 4.69) is 28.1 Å². The first-order valence-corrected chi connectivity index (χ1v) is 13.7. The van der Waals surface area contributed by atoms with Gasteiger partial charge in [-0.15, -0.1) is 0 Å². The van der Waals surface area contributed by atoms with Crippen LogP contribution in [0.2, 0.25) is 0 Å². The molecular weight excluding hydrogens is 534 g/mol. The molecule has 5 rings (SSSR count). The third-order valence-electron chi connectivity index (χ3n) is 7.84. The number of ketones is 1. The lowest BCUT2D eigenvalue weighted by molar-refractivity contribution is -0.151. The molecule has 1 aliphatic heterocycles. The molecule has 0 saturated heterocycles. The number of methoxy groups -OCH3 is 2. The smallest absolute Gasteiger partial charge is 0.315 e. The van der Waals surface area contributed by atoms with E-state index in [0.717, 1.165) is 47.0 Å². The van der Waals surface area contributed by atoms with Crippen LogP contribution in [0.25, 0.3) is 0 Å². The summed E-state index contributed by atoms with van der Waals surface area (Å²) >= 11 is 3.70. The van der Waals surface area contributed by atoms with E-state index < -0.39 is 11.8 Å². The highest BCUT2D eigenvalue weighted by atomic mass is 79.9. The van der Waals surface area contributed by atoms with E-state index in [1.807, 2.05) is 37.3 Å². The van der Waals surface area contributed by atoms with Crippen LogP contribution in [0.4, 0.5) is 0 Å². The van der Waals surface area contributed by atoms with E-state index in [-0.39, 0.29) is 23.8 Å². The van der Waals surface area contributed by atoms with Crippen LogP contribution in [-0.4, -0.2) is 37.8 Å². The van der Waals surface area contributed by atoms with Crippen LogP contribution in [0.15, 0.2) is 63.2 Å². The Morgan fingerprint density at radius 2 is 1.68 bits per heavy atom. The Hall–Kier alpha value is -2.93. The molecule has 3 atom stereocenters. The van der Waals surface area contributed by atoms with E-state index >= 15 is 0 Å². The van der Waals surface area contributed by atoms with Gasteiger partial charge in [0, 0.05) is 33.8 Å². The maximum Gasteiger partial charge on any atom is 0.315 e. The maximum atomic E-state index is 13.9. The predicted octanol–water partition coefficient (Wildman–Crippen LogP) is 6.53. The van der Waals surface area contributed by atoms with Gasteiger partial charge in [-0.25, -0.2) is 0 Å². The van der Waals surface area contributed by atoms with Crippen molar-refractivity contribution >= 4 is 33.4 Å². The topological polar surface area (TPSA) is 74.2 Å². The summed E-state index contributed by atoms with van der Waals surface area (Å²) in [6.07, 6.45) is 4.84. The van der Waals surface area contributed by atoms with E-state index in [1.165, 1.54) is 0 Å². The number of aliphatic imine (C=N–C) groups is 1. The Morgan fingerprint density at radius 1 is 1.00 bits per heavy atom. The first-order valence-electron chi connectivity index (χ1n) is 12.9. The van der Waals surface area contributed by atoms with Crippen LogP contribution in [0.3, 0.4) is 0 Å². The van der Waals surface area contributed by atoms with Gasteiger partial charge in [0.15, 0.2) is 17.3 Å². The quantitative estimate of drug-likeness (QED) is 0.372. The van der Waals surface area contributed by atoms with Crippen LogP contribution in [-0.2, 0) is 14.3 Å². The van der Waals surface area contributed by atoms with Crippen LogP contribution < -0.4 is 9.47 Å². The normalized spacial score (nSPS) is 23.9. The van der Waals surface area contributed by atoms with Crippen molar-refractivity contribution in [3.05, 3.63) is 69.3 Å². The van der Waals surface area contributed by atoms with Crippen molar-refractivity contribution < 1.29 is 23.8 Å². The number of benzene rings is 2. The Bertz CT molecular complexity index is 1260. The van der Waals surface area contributed by atoms with Crippen LogP contribution in [0, 0.1) is 5.92 Å². The molecule has 194 valence electrons. The molecule has 0 aromatic heterocycles. The number of carbonyl (C=O) groups excluding carboxylic acids is 2. The molecule has 3 aliphatic rings. The molecular formula is C30H32BrNO5. The summed E-state index contributed by atoms with van der Waals surface area (Å²) in [5, 5.41) is 0. The molecule has 1 heterocycles. The van der Waals surface area contributed by atoms with Crippen molar-refractivity contribution in [1.29, 1.82) is 0 Å². The minimum atomic E-state index is -0.689. The van der Waals surface area contributed by atoms with Gasteiger partial charge in [0.1, 0.15) is 12.0 Å². The SMILES string of the molecule is COc1cc(Br)c([C@H]2C3=C(C[C@H](c4ccccc4)CC3=O)N=C(C)C2C(=O)OC2CCCC2)cc1OC. The highest BCUT2D eigenvalue weighted by molar-refractivity contribution is 9.10. The summed E-state index contributed by atoms with van der Waals surface area (Å²) in [6, 6.07) is 13.8. The fraction of sp³-hybridized carbons (Fsp3) is 0.433. The summed E-state index contributed by atoms with van der Waals surface area (Å²) in [6.45, 7) is 1.88. The molecule has 37 heavy (non-hydrogen) atoms. The molecule has 2 aromatic rings. The van der Waals surface area contributed by atoms with Gasteiger partial charge < -0.3 is 14.2 Å². The zero-order valence-electron chi connectivity index (χ0n) is 21.5. The van der Waals surface area contributed by atoms with Crippen molar-refractivity contribution in [3.8, 4) is 11.5 Å². The number of hydrogen-bond donors (Lipinski definition) is 0. The third-order valence-corrected chi connectivity index (χ3v) is 8.52. The van der Waals surface area contributed by atoms with Gasteiger partial charge in [0.05, 0.1) is 14.2 Å². The van der Waals surface area contributed by atoms with Gasteiger partial charge in [-0.05, 0) is 68.2 Å². The second kappa shape index (κ2) is 10.8. The van der Waals surface area contributed by atoms with Crippen molar-refractivity contribution in [3.63, 3.8) is 0 Å². The Kier molecular flexibility index (Phi) is 7.52. The van der Waals surface area contributed by atoms with Gasteiger partial charge >= 0.3 is 5.97 Å². The highest BCUT2D eigenvalue weighted by Crippen LogP contribution is 2.50. The Morgan fingerprint density at radius 3 is 2.35 bits per heavy atom. The average Bonchev–Trinajstić information content (AvgIpc) is 3.41. The lowest BCUT2D eigenvalue weighted by Gasteiger charge is -2.37. The fourth-order valence-electron chi connectivity index (χ4n) is 6.01. The molecule has 2 aliphatic carbocycles.